The minimum Gasteiger partial charge on any atom is -0.409 e. The van der Waals surface area contributed by atoms with Crippen molar-refractivity contribution in [1.82, 2.24) is 0 Å². The molecule has 0 aromatic heterocycles. The molecule has 1 aromatic rings. The molecule has 5 nitrogen and oxygen atoms in total. The number of nitrogens with one attached hydrogen (secondary N) is 1. The number of amides is 1. The lowest BCUT2D eigenvalue weighted by molar-refractivity contribution is -0.119. The van der Waals surface area contributed by atoms with Crippen molar-refractivity contribution < 1.29 is 10.0 Å². The van der Waals surface area contributed by atoms with Crippen LogP contribution in [-0.2, 0) is 4.79 Å². The van der Waals surface area contributed by atoms with E-state index in [1.165, 1.54) is 0 Å². The summed E-state index contributed by atoms with van der Waals surface area (Å²) in [6.07, 6.45) is 1.16. The first-order valence-corrected chi connectivity index (χ1v) is 5.93. The first kappa shape index (κ1) is 12.7. The first-order chi connectivity index (χ1) is 8.51. The molecule has 1 amide bonds. The van der Waals surface area contributed by atoms with Crippen LogP contribution >= 0.6 is 11.6 Å². The van der Waals surface area contributed by atoms with Gasteiger partial charge in [-0.25, -0.2) is 0 Å². The molecule has 1 aliphatic carbocycles. The van der Waals surface area contributed by atoms with Crippen molar-refractivity contribution in [3.63, 3.8) is 0 Å². The van der Waals surface area contributed by atoms with Gasteiger partial charge in [-0.05, 0) is 31.4 Å². The van der Waals surface area contributed by atoms with Crippen LogP contribution in [0.5, 0.6) is 0 Å². The Bertz CT molecular complexity index is 504. The summed E-state index contributed by atoms with van der Waals surface area (Å²) in [6, 6.07) is 5.36. The van der Waals surface area contributed by atoms with Gasteiger partial charge in [0.25, 0.3) is 0 Å². The van der Waals surface area contributed by atoms with E-state index < -0.39 is 5.41 Å². The number of benzene rings is 1. The molecule has 96 valence electrons. The highest BCUT2D eigenvalue weighted by atomic mass is 35.5. The fraction of sp³-hybridized carbons (Fsp3) is 0.333. The molecule has 0 radical (unpaired) electrons. The Kier molecular flexibility index (Phi) is 3.17. The number of para-hydroxylation sites is 1. The van der Waals surface area contributed by atoms with Gasteiger partial charge in [0, 0.05) is 0 Å². The van der Waals surface area contributed by atoms with Gasteiger partial charge in [0.1, 0.15) is 5.41 Å². The Balaban J connectivity index is 2.23. The standard InChI is InChI=1S/C12H14ClN3O2/c1-7-3-2-4-8(13)9(7)15-11(17)12(5-6-12)10(14)16-18/h2-4,18H,5-6H2,1H3,(H2,14,16)(H,15,17). The molecular formula is C12H14ClN3O2. The number of rotatable bonds is 3. The van der Waals surface area contributed by atoms with Crippen molar-refractivity contribution in [2.24, 2.45) is 16.3 Å². The predicted molar refractivity (Wildman–Crippen MR) is 69.9 cm³/mol. The molecule has 6 heteroatoms. The summed E-state index contributed by atoms with van der Waals surface area (Å²) >= 11 is 6.03. The van der Waals surface area contributed by atoms with Crippen LogP contribution in [-0.4, -0.2) is 17.0 Å². The summed E-state index contributed by atoms with van der Waals surface area (Å²) in [5, 5.41) is 14.8. The zero-order chi connectivity index (χ0) is 13.3. The molecule has 1 saturated carbocycles. The molecule has 0 atom stereocenters. The highest BCUT2D eigenvalue weighted by Crippen LogP contribution is 2.47. The fourth-order valence-electron chi connectivity index (χ4n) is 1.84. The van der Waals surface area contributed by atoms with Crippen LogP contribution in [0.2, 0.25) is 5.02 Å². The maximum Gasteiger partial charge on any atom is 0.238 e. The normalized spacial score (nSPS) is 17.3. The van der Waals surface area contributed by atoms with E-state index in [1.54, 1.807) is 6.07 Å². The number of nitrogens with two attached hydrogens (primary N) is 1. The Morgan fingerprint density at radius 2 is 2.22 bits per heavy atom. The molecule has 0 aliphatic heterocycles. The van der Waals surface area contributed by atoms with E-state index in [-0.39, 0.29) is 11.7 Å². The van der Waals surface area contributed by atoms with Gasteiger partial charge in [-0.1, -0.05) is 28.9 Å². The number of carbonyl (C=O) groups excluding carboxylic acids is 1. The van der Waals surface area contributed by atoms with Crippen molar-refractivity contribution in [2.45, 2.75) is 19.8 Å². The van der Waals surface area contributed by atoms with Gasteiger partial charge in [-0.3, -0.25) is 4.79 Å². The van der Waals surface area contributed by atoms with Crippen molar-refractivity contribution in [2.75, 3.05) is 5.32 Å². The predicted octanol–water partition coefficient (Wildman–Crippen LogP) is 2.11. The van der Waals surface area contributed by atoms with E-state index in [1.807, 2.05) is 19.1 Å². The Labute approximate surface area is 110 Å². The monoisotopic (exact) mass is 267 g/mol. The Morgan fingerprint density at radius 1 is 1.56 bits per heavy atom. The van der Waals surface area contributed by atoms with Gasteiger partial charge in [-0.2, -0.15) is 0 Å². The number of amidine groups is 1. The van der Waals surface area contributed by atoms with Crippen molar-refractivity contribution in [1.29, 1.82) is 0 Å². The van der Waals surface area contributed by atoms with Gasteiger partial charge < -0.3 is 16.3 Å². The van der Waals surface area contributed by atoms with Gasteiger partial charge in [0.2, 0.25) is 5.91 Å². The van der Waals surface area contributed by atoms with E-state index in [9.17, 15) is 4.79 Å². The first-order valence-electron chi connectivity index (χ1n) is 5.56. The SMILES string of the molecule is Cc1cccc(Cl)c1NC(=O)C1(/C(N)=N/O)CC1. The van der Waals surface area contributed by atoms with E-state index in [4.69, 9.17) is 22.5 Å². The number of hydrogen-bond acceptors (Lipinski definition) is 3. The third-order valence-corrected chi connectivity index (χ3v) is 3.56. The van der Waals surface area contributed by atoms with E-state index >= 15 is 0 Å². The molecule has 2 rings (SSSR count). The quantitative estimate of drug-likeness (QED) is 0.339. The van der Waals surface area contributed by atoms with Crippen LogP contribution in [0.4, 0.5) is 5.69 Å². The number of aryl methyl sites for hydroxylation is 1. The van der Waals surface area contributed by atoms with Crippen LogP contribution < -0.4 is 11.1 Å². The summed E-state index contributed by atoms with van der Waals surface area (Å²) < 4.78 is 0. The summed E-state index contributed by atoms with van der Waals surface area (Å²) in [7, 11) is 0. The third kappa shape index (κ3) is 2.01. The van der Waals surface area contributed by atoms with Crippen LogP contribution in [0.1, 0.15) is 18.4 Å². The highest BCUT2D eigenvalue weighted by molar-refractivity contribution is 6.34. The third-order valence-electron chi connectivity index (χ3n) is 3.24. The van der Waals surface area contributed by atoms with Gasteiger partial charge in [-0.15, -0.1) is 0 Å². The van der Waals surface area contributed by atoms with E-state index in [2.05, 4.69) is 10.5 Å². The molecule has 0 spiro atoms. The maximum absolute atomic E-state index is 12.2. The molecule has 0 bridgehead atoms. The molecule has 18 heavy (non-hydrogen) atoms. The minimum atomic E-state index is -0.875. The van der Waals surface area contributed by atoms with Crippen molar-refractivity contribution >= 4 is 29.0 Å². The fourth-order valence-corrected chi connectivity index (χ4v) is 2.11. The number of hydrogen-bond donors (Lipinski definition) is 3. The molecule has 4 N–H and O–H groups in total. The Morgan fingerprint density at radius 3 is 2.72 bits per heavy atom. The number of nitrogens with zero attached hydrogens (tertiary/aromatic N) is 1. The maximum atomic E-state index is 12.2. The summed E-state index contributed by atoms with van der Waals surface area (Å²) in [5.74, 6) is -0.335. The van der Waals surface area contributed by atoms with Crippen molar-refractivity contribution in [3.8, 4) is 0 Å². The van der Waals surface area contributed by atoms with Crippen molar-refractivity contribution in [3.05, 3.63) is 28.8 Å². The topological polar surface area (TPSA) is 87.7 Å². The summed E-state index contributed by atoms with van der Waals surface area (Å²) in [4.78, 5) is 12.2. The number of anilines is 1. The number of oxime groups is 1. The van der Waals surface area contributed by atoms with E-state index in [0.29, 0.717) is 23.6 Å². The van der Waals surface area contributed by atoms with Crippen LogP contribution in [0.3, 0.4) is 0 Å². The second kappa shape index (κ2) is 4.49. The molecule has 0 unspecified atom stereocenters. The zero-order valence-electron chi connectivity index (χ0n) is 9.90. The lowest BCUT2D eigenvalue weighted by Gasteiger charge is -2.15. The van der Waals surface area contributed by atoms with Crippen LogP contribution in [0, 0.1) is 12.3 Å². The average Bonchev–Trinajstić information content (AvgIpc) is 3.14. The Hall–Kier alpha value is -1.75. The summed E-state index contributed by atoms with van der Waals surface area (Å²) in [6.45, 7) is 1.85. The van der Waals surface area contributed by atoms with Crippen LogP contribution in [0.25, 0.3) is 0 Å². The van der Waals surface area contributed by atoms with E-state index in [0.717, 1.165) is 5.56 Å². The summed E-state index contributed by atoms with van der Waals surface area (Å²) in [5.41, 5.74) is 6.11. The number of carbonyl (C=O) groups is 1. The van der Waals surface area contributed by atoms with Gasteiger partial charge in [0.15, 0.2) is 5.84 Å². The largest absolute Gasteiger partial charge is 0.409 e. The van der Waals surface area contributed by atoms with Crippen LogP contribution in [0.15, 0.2) is 23.4 Å². The smallest absolute Gasteiger partial charge is 0.238 e. The van der Waals surface area contributed by atoms with Gasteiger partial charge >= 0.3 is 0 Å². The molecule has 0 heterocycles. The minimum absolute atomic E-state index is 0.0512. The molecule has 1 aliphatic rings. The number of halogens is 1. The highest BCUT2D eigenvalue weighted by Gasteiger charge is 2.54. The molecular weight excluding hydrogens is 254 g/mol. The second-order valence-electron chi connectivity index (χ2n) is 4.45. The second-order valence-corrected chi connectivity index (χ2v) is 4.86. The molecule has 1 fully saturated rings. The lowest BCUT2D eigenvalue weighted by atomic mass is 10.0. The molecule has 1 aromatic carbocycles. The molecule has 0 saturated heterocycles. The van der Waals surface area contributed by atoms with Gasteiger partial charge in [0.05, 0.1) is 10.7 Å². The zero-order valence-corrected chi connectivity index (χ0v) is 10.7. The average molecular weight is 268 g/mol. The lowest BCUT2D eigenvalue weighted by Crippen LogP contribution is -2.36.